The largest absolute Gasteiger partial charge is 0.496 e. The molecule has 4 nitrogen and oxygen atoms in total. The van der Waals surface area contributed by atoms with Crippen LogP contribution in [0.1, 0.15) is 36.0 Å². The van der Waals surface area contributed by atoms with Gasteiger partial charge in [-0.3, -0.25) is 4.79 Å². The van der Waals surface area contributed by atoms with Crippen LogP contribution in [0.4, 0.5) is 0 Å². The fourth-order valence-electron chi connectivity index (χ4n) is 3.18. The summed E-state index contributed by atoms with van der Waals surface area (Å²) in [5, 5.41) is 4.32. The maximum absolute atomic E-state index is 12.1. The van der Waals surface area contributed by atoms with Crippen LogP contribution in [0.25, 0.3) is 0 Å². The molecule has 0 radical (unpaired) electrons. The van der Waals surface area contributed by atoms with E-state index in [2.05, 4.69) is 10.5 Å². The maximum atomic E-state index is 12.1. The first-order valence-corrected chi connectivity index (χ1v) is 6.77. The summed E-state index contributed by atoms with van der Waals surface area (Å²) in [6.07, 6.45) is 4.86. The number of nitrogens with zero attached hydrogens (tertiary/aromatic N) is 1. The number of hydrogen-bond acceptors (Lipinski definition) is 3. The maximum Gasteiger partial charge on any atom is 0.275 e. The lowest BCUT2D eigenvalue weighted by Crippen LogP contribution is -2.22. The van der Waals surface area contributed by atoms with E-state index in [-0.39, 0.29) is 5.91 Å². The summed E-state index contributed by atoms with van der Waals surface area (Å²) in [6, 6.07) is 7.19. The van der Waals surface area contributed by atoms with Gasteiger partial charge in [0.25, 0.3) is 5.91 Å². The van der Waals surface area contributed by atoms with Crippen molar-refractivity contribution in [3.8, 4) is 5.75 Å². The van der Waals surface area contributed by atoms with E-state index in [4.69, 9.17) is 4.74 Å². The van der Waals surface area contributed by atoms with Crippen molar-refractivity contribution in [2.24, 2.45) is 16.9 Å². The Labute approximate surface area is 112 Å². The first-order chi connectivity index (χ1) is 9.28. The van der Waals surface area contributed by atoms with Crippen molar-refractivity contribution < 1.29 is 9.53 Å². The molecule has 0 unspecified atom stereocenters. The molecule has 1 aromatic carbocycles. The van der Waals surface area contributed by atoms with Crippen molar-refractivity contribution in [3.05, 3.63) is 29.8 Å². The predicted molar refractivity (Wildman–Crippen MR) is 73.3 cm³/mol. The lowest BCUT2D eigenvalue weighted by molar-refractivity contribution is 0.0951. The highest BCUT2D eigenvalue weighted by molar-refractivity contribution is 5.98. The standard InChI is InChI=1S/C15H18N2O2/c1-19-14-5-3-2-4-12(14)15(18)17-16-13-9-10-6-7-11(13)8-10/h2-5,10-11H,6-9H2,1H3,(H,17,18)/b16-13-/t10-,11+/m1/s1. The molecule has 0 heterocycles. The molecule has 19 heavy (non-hydrogen) atoms. The van der Waals surface area contributed by atoms with E-state index in [1.54, 1.807) is 19.2 Å². The van der Waals surface area contributed by atoms with E-state index >= 15 is 0 Å². The highest BCUT2D eigenvalue weighted by atomic mass is 16.5. The quantitative estimate of drug-likeness (QED) is 0.847. The van der Waals surface area contributed by atoms with Crippen molar-refractivity contribution in [3.63, 3.8) is 0 Å². The zero-order valence-electron chi connectivity index (χ0n) is 11.1. The van der Waals surface area contributed by atoms with Gasteiger partial charge in [0.05, 0.1) is 12.7 Å². The van der Waals surface area contributed by atoms with Crippen molar-refractivity contribution in [2.45, 2.75) is 25.7 Å². The summed E-state index contributed by atoms with van der Waals surface area (Å²) in [4.78, 5) is 12.1. The van der Waals surface area contributed by atoms with Gasteiger partial charge in [0, 0.05) is 5.71 Å². The number of para-hydroxylation sites is 1. The monoisotopic (exact) mass is 258 g/mol. The third kappa shape index (κ3) is 2.35. The van der Waals surface area contributed by atoms with Gasteiger partial charge in [-0.1, -0.05) is 12.1 Å². The molecule has 0 spiro atoms. The Morgan fingerprint density at radius 2 is 2.21 bits per heavy atom. The number of carbonyl (C=O) groups is 1. The molecule has 1 amide bonds. The van der Waals surface area contributed by atoms with Gasteiger partial charge >= 0.3 is 0 Å². The average Bonchev–Trinajstić information content (AvgIpc) is 3.07. The fraction of sp³-hybridized carbons (Fsp3) is 0.467. The van der Waals surface area contributed by atoms with E-state index in [1.165, 1.54) is 25.0 Å². The summed E-state index contributed by atoms with van der Waals surface area (Å²) in [6.45, 7) is 0. The van der Waals surface area contributed by atoms with E-state index < -0.39 is 0 Å². The number of hydrazone groups is 1. The summed E-state index contributed by atoms with van der Waals surface area (Å²) in [7, 11) is 1.56. The van der Waals surface area contributed by atoms with Crippen LogP contribution in [-0.4, -0.2) is 18.7 Å². The lowest BCUT2D eigenvalue weighted by atomic mass is 9.99. The molecule has 0 aliphatic heterocycles. The molecule has 2 atom stereocenters. The zero-order valence-corrected chi connectivity index (χ0v) is 11.1. The molecule has 100 valence electrons. The van der Waals surface area contributed by atoms with Crippen LogP contribution in [0.15, 0.2) is 29.4 Å². The molecule has 3 rings (SSSR count). The number of methoxy groups -OCH3 is 1. The third-order valence-electron chi connectivity index (χ3n) is 4.16. The summed E-state index contributed by atoms with van der Waals surface area (Å²) < 4.78 is 5.18. The molecule has 0 aromatic heterocycles. The average molecular weight is 258 g/mol. The van der Waals surface area contributed by atoms with Crippen LogP contribution in [0.5, 0.6) is 5.75 Å². The van der Waals surface area contributed by atoms with Crippen molar-refractivity contribution in [1.29, 1.82) is 0 Å². The second-order valence-electron chi connectivity index (χ2n) is 5.32. The molecule has 2 bridgehead atoms. The van der Waals surface area contributed by atoms with Crippen LogP contribution < -0.4 is 10.2 Å². The number of hydrogen-bond donors (Lipinski definition) is 1. The fourth-order valence-corrected chi connectivity index (χ4v) is 3.18. The molecule has 2 aliphatic rings. The number of amides is 1. The van der Waals surface area contributed by atoms with Crippen LogP contribution in [-0.2, 0) is 0 Å². The molecule has 1 N–H and O–H groups in total. The molecule has 1 aromatic rings. The van der Waals surface area contributed by atoms with Gasteiger partial charge in [-0.05, 0) is 49.7 Å². The number of rotatable bonds is 3. The Balaban J connectivity index is 1.70. The topological polar surface area (TPSA) is 50.7 Å². The summed E-state index contributed by atoms with van der Waals surface area (Å²) in [5.74, 6) is 1.77. The highest BCUT2D eigenvalue weighted by Gasteiger charge is 2.36. The van der Waals surface area contributed by atoms with Gasteiger partial charge in [0.1, 0.15) is 5.75 Å². The first kappa shape index (κ1) is 12.2. The summed E-state index contributed by atoms with van der Waals surface area (Å²) >= 11 is 0. The number of fused-ring (bicyclic) bond motifs is 2. The van der Waals surface area contributed by atoms with Crippen LogP contribution in [0.2, 0.25) is 0 Å². The van der Waals surface area contributed by atoms with Gasteiger partial charge < -0.3 is 4.74 Å². The minimum atomic E-state index is -0.201. The first-order valence-electron chi connectivity index (χ1n) is 6.77. The van der Waals surface area contributed by atoms with Crippen molar-refractivity contribution >= 4 is 11.6 Å². The zero-order chi connectivity index (χ0) is 13.2. The number of nitrogens with one attached hydrogen (secondary N) is 1. The minimum absolute atomic E-state index is 0.201. The second kappa shape index (κ2) is 5.03. The normalized spacial score (nSPS) is 26.7. The number of benzene rings is 1. The van der Waals surface area contributed by atoms with E-state index in [0.29, 0.717) is 17.2 Å². The Bertz CT molecular complexity index is 525. The van der Waals surface area contributed by atoms with E-state index in [1.807, 2.05) is 12.1 Å². The highest BCUT2D eigenvalue weighted by Crippen LogP contribution is 2.42. The SMILES string of the molecule is COc1ccccc1C(=O)N/N=C1/C[C@@H]2CC[C@H]1C2. The summed E-state index contributed by atoms with van der Waals surface area (Å²) in [5.41, 5.74) is 4.36. The Hall–Kier alpha value is -1.84. The molecular formula is C15H18N2O2. The molecule has 0 saturated heterocycles. The van der Waals surface area contributed by atoms with Gasteiger partial charge in [-0.25, -0.2) is 5.43 Å². The lowest BCUT2D eigenvalue weighted by Gasteiger charge is -2.12. The number of carbonyl (C=O) groups excluding carboxylic acids is 1. The molecule has 2 aliphatic carbocycles. The Morgan fingerprint density at radius 3 is 2.89 bits per heavy atom. The predicted octanol–water partition coefficient (Wildman–Crippen LogP) is 2.60. The van der Waals surface area contributed by atoms with Gasteiger partial charge in [-0.15, -0.1) is 0 Å². The van der Waals surface area contributed by atoms with Crippen molar-refractivity contribution in [2.75, 3.05) is 7.11 Å². The Kier molecular flexibility index (Phi) is 3.23. The van der Waals surface area contributed by atoms with E-state index in [9.17, 15) is 4.79 Å². The molecule has 4 heteroatoms. The number of ether oxygens (including phenoxy) is 1. The molecular weight excluding hydrogens is 240 g/mol. The van der Waals surface area contributed by atoms with Crippen LogP contribution in [0.3, 0.4) is 0 Å². The second-order valence-corrected chi connectivity index (χ2v) is 5.32. The minimum Gasteiger partial charge on any atom is -0.496 e. The van der Waals surface area contributed by atoms with Crippen LogP contribution in [0, 0.1) is 11.8 Å². The van der Waals surface area contributed by atoms with Crippen LogP contribution >= 0.6 is 0 Å². The van der Waals surface area contributed by atoms with Gasteiger partial charge in [0.2, 0.25) is 0 Å². The van der Waals surface area contributed by atoms with Gasteiger partial charge in [0.15, 0.2) is 0 Å². The molecule has 2 fully saturated rings. The smallest absolute Gasteiger partial charge is 0.275 e. The van der Waals surface area contributed by atoms with E-state index in [0.717, 1.165) is 12.3 Å². The molecule has 2 saturated carbocycles. The third-order valence-corrected chi connectivity index (χ3v) is 4.16. The van der Waals surface area contributed by atoms with Crippen molar-refractivity contribution in [1.82, 2.24) is 5.43 Å². The Morgan fingerprint density at radius 1 is 1.37 bits per heavy atom. The van der Waals surface area contributed by atoms with Gasteiger partial charge in [-0.2, -0.15) is 5.10 Å².